The minimum Gasteiger partial charge on any atom is -0.497 e. The van der Waals surface area contributed by atoms with E-state index in [-0.39, 0.29) is 17.7 Å². The molecule has 0 heterocycles. The minimum atomic E-state index is -0.702. The van der Waals surface area contributed by atoms with Crippen LogP contribution in [0.3, 0.4) is 0 Å². The number of carbonyl (C=O) groups is 1. The maximum Gasteiger partial charge on any atom is 0.223 e. The van der Waals surface area contributed by atoms with Gasteiger partial charge in [0.2, 0.25) is 5.91 Å². The molecule has 2 unspecified atom stereocenters. The first-order chi connectivity index (χ1) is 11.1. The maximum atomic E-state index is 12.4. The normalized spacial score (nSPS) is 26.2. The Hall–Kier alpha value is -1.55. The van der Waals surface area contributed by atoms with Gasteiger partial charge in [-0.15, -0.1) is 0 Å². The molecule has 2 aliphatic rings. The molecule has 4 heteroatoms. The lowest BCUT2D eigenvalue weighted by Gasteiger charge is -2.26. The van der Waals surface area contributed by atoms with E-state index in [0.717, 1.165) is 43.4 Å². The summed E-state index contributed by atoms with van der Waals surface area (Å²) in [6, 6.07) is 7.95. The van der Waals surface area contributed by atoms with E-state index in [9.17, 15) is 9.90 Å². The molecule has 0 aromatic heterocycles. The molecule has 3 rings (SSSR count). The van der Waals surface area contributed by atoms with E-state index >= 15 is 0 Å². The second kappa shape index (κ2) is 6.91. The van der Waals surface area contributed by atoms with Crippen LogP contribution < -0.4 is 10.1 Å². The fourth-order valence-electron chi connectivity index (χ4n) is 3.67. The third kappa shape index (κ3) is 4.05. The molecular formula is C19H27NO3. The smallest absolute Gasteiger partial charge is 0.223 e. The highest BCUT2D eigenvalue weighted by Crippen LogP contribution is 2.48. The van der Waals surface area contributed by atoms with Crippen LogP contribution in [0.4, 0.5) is 0 Å². The summed E-state index contributed by atoms with van der Waals surface area (Å²) in [6.45, 7) is 0.396. The second-order valence-electron chi connectivity index (χ2n) is 7.08. The van der Waals surface area contributed by atoms with Gasteiger partial charge in [0.15, 0.2) is 0 Å². The van der Waals surface area contributed by atoms with Crippen LogP contribution in [0, 0.1) is 5.92 Å². The Bertz CT molecular complexity index is 549. The molecule has 2 aliphatic carbocycles. The standard InChI is InChI=1S/C19H27NO3/c1-23-15-8-6-7-14(11-15)16-12-17(16)18(21)20-13-19(22)9-4-2-3-5-10-19/h6-8,11,16-17,22H,2-5,9-10,12-13H2,1H3,(H,20,21). The van der Waals surface area contributed by atoms with Gasteiger partial charge in [-0.25, -0.2) is 0 Å². The molecule has 126 valence electrons. The molecule has 0 aliphatic heterocycles. The molecule has 4 nitrogen and oxygen atoms in total. The Morgan fingerprint density at radius 3 is 2.74 bits per heavy atom. The molecule has 0 saturated heterocycles. The van der Waals surface area contributed by atoms with E-state index in [2.05, 4.69) is 11.4 Å². The number of hydrogen-bond donors (Lipinski definition) is 2. The number of hydrogen-bond acceptors (Lipinski definition) is 3. The van der Waals surface area contributed by atoms with Gasteiger partial charge < -0.3 is 15.2 Å². The van der Waals surface area contributed by atoms with Gasteiger partial charge in [0.1, 0.15) is 5.75 Å². The van der Waals surface area contributed by atoms with Gasteiger partial charge in [-0.1, -0.05) is 37.8 Å². The maximum absolute atomic E-state index is 12.4. The van der Waals surface area contributed by atoms with Crippen molar-refractivity contribution in [3.8, 4) is 5.75 Å². The molecule has 2 fully saturated rings. The molecule has 0 spiro atoms. The van der Waals surface area contributed by atoms with Crippen LogP contribution in [0.1, 0.15) is 56.4 Å². The summed E-state index contributed by atoms with van der Waals surface area (Å²) in [5.41, 5.74) is 0.463. The summed E-state index contributed by atoms with van der Waals surface area (Å²) in [7, 11) is 1.66. The highest BCUT2D eigenvalue weighted by atomic mass is 16.5. The Kier molecular flexibility index (Phi) is 4.90. The topological polar surface area (TPSA) is 58.6 Å². The number of carbonyl (C=O) groups excluding carboxylic acids is 1. The van der Waals surface area contributed by atoms with E-state index in [1.165, 1.54) is 12.8 Å². The highest BCUT2D eigenvalue weighted by Gasteiger charge is 2.44. The Balaban J connectivity index is 1.52. The lowest BCUT2D eigenvalue weighted by Crippen LogP contribution is -2.43. The first kappa shape index (κ1) is 16.3. The highest BCUT2D eigenvalue weighted by molar-refractivity contribution is 5.83. The Labute approximate surface area is 138 Å². The molecular weight excluding hydrogens is 290 g/mol. The zero-order valence-electron chi connectivity index (χ0n) is 13.9. The summed E-state index contributed by atoms with van der Waals surface area (Å²) in [5, 5.41) is 13.6. The van der Waals surface area contributed by atoms with Crippen molar-refractivity contribution in [2.45, 2.75) is 56.5 Å². The van der Waals surface area contributed by atoms with Gasteiger partial charge in [-0.3, -0.25) is 4.79 Å². The molecule has 1 aromatic rings. The van der Waals surface area contributed by atoms with Crippen molar-refractivity contribution in [1.29, 1.82) is 0 Å². The van der Waals surface area contributed by atoms with Crippen molar-refractivity contribution in [1.82, 2.24) is 5.32 Å². The molecule has 1 amide bonds. The average molecular weight is 317 g/mol. The SMILES string of the molecule is COc1cccc(C2CC2C(=O)NCC2(O)CCCCCC2)c1. The van der Waals surface area contributed by atoms with Crippen LogP contribution in [0.15, 0.2) is 24.3 Å². The van der Waals surface area contributed by atoms with Crippen LogP contribution in [0.2, 0.25) is 0 Å². The van der Waals surface area contributed by atoms with Crippen LogP contribution in [0.25, 0.3) is 0 Å². The van der Waals surface area contributed by atoms with E-state index < -0.39 is 5.60 Å². The van der Waals surface area contributed by atoms with E-state index in [0.29, 0.717) is 6.54 Å². The van der Waals surface area contributed by atoms with Gasteiger partial charge in [-0.2, -0.15) is 0 Å². The number of ether oxygens (including phenoxy) is 1. The summed E-state index contributed by atoms with van der Waals surface area (Å²) < 4.78 is 5.25. The summed E-state index contributed by atoms with van der Waals surface area (Å²) in [6.07, 6.45) is 6.99. The molecule has 2 N–H and O–H groups in total. The van der Waals surface area contributed by atoms with Crippen LogP contribution in [-0.4, -0.2) is 30.3 Å². The molecule has 0 bridgehead atoms. The lowest BCUT2D eigenvalue weighted by molar-refractivity contribution is -0.123. The van der Waals surface area contributed by atoms with Gasteiger partial charge >= 0.3 is 0 Å². The van der Waals surface area contributed by atoms with Gasteiger partial charge in [0, 0.05) is 12.5 Å². The number of nitrogens with one attached hydrogen (secondary N) is 1. The van der Waals surface area contributed by atoms with E-state index in [1.54, 1.807) is 7.11 Å². The molecule has 0 radical (unpaired) electrons. The molecule has 1 aromatic carbocycles. The van der Waals surface area contributed by atoms with Crippen molar-refractivity contribution >= 4 is 5.91 Å². The zero-order chi connectivity index (χ0) is 16.3. The van der Waals surface area contributed by atoms with Crippen molar-refractivity contribution in [3.05, 3.63) is 29.8 Å². The number of rotatable bonds is 5. The van der Waals surface area contributed by atoms with Crippen molar-refractivity contribution in [3.63, 3.8) is 0 Å². The van der Waals surface area contributed by atoms with E-state index in [1.807, 2.05) is 18.2 Å². The predicted octanol–water partition coefficient (Wildman–Crippen LogP) is 3.00. The second-order valence-corrected chi connectivity index (χ2v) is 7.08. The molecule has 2 atom stereocenters. The van der Waals surface area contributed by atoms with Crippen LogP contribution in [0.5, 0.6) is 5.75 Å². The van der Waals surface area contributed by atoms with Crippen LogP contribution in [-0.2, 0) is 4.79 Å². The van der Waals surface area contributed by atoms with Crippen molar-refractivity contribution in [2.75, 3.05) is 13.7 Å². The fourth-order valence-corrected chi connectivity index (χ4v) is 3.67. The van der Waals surface area contributed by atoms with E-state index in [4.69, 9.17) is 4.74 Å². The number of aliphatic hydroxyl groups is 1. The number of benzene rings is 1. The van der Waals surface area contributed by atoms with Gasteiger partial charge in [0.25, 0.3) is 0 Å². The Morgan fingerprint density at radius 1 is 1.30 bits per heavy atom. The minimum absolute atomic E-state index is 0.0384. The molecule has 2 saturated carbocycles. The lowest BCUT2D eigenvalue weighted by atomic mass is 9.94. The van der Waals surface area contributed by atoms with Crippen molar-refractivity contribution < 1.29 is 14.6 Å². The third-order valence-corrected chi connectivity index (χ3v) is 5.28. The van der Waals surface area contributed by atoms with Gasteiger partial charge in [-0.05, 0) is 42.9 Å². The van der Waals surface area contributed by atoms with Crippen molar-refractivity contribution in [2.24, 2.45) is 5.92 Å². The predicted molar refractivity (Wildman–Crippen MR) is 89.5 cm³/mol. The number of methoxy groups -OCH3 is 1. The number of amides is 1. The van der Waals surface area contributed by atoms with Gasteiger partial charge in [0.05, 0.1) is 12.7 Å². The Morgan fingerprint density at radius 2 is 2.04 bits per heavy atom. The summed E-state index contributed by atoms with van der Waals surface area (Å²) in [5.74, 6) is 1.24. The quantitative estimate of drug-likeness (QED) is 0.821. The summed E-state index contributed by atoms with van der Waals surface area (Å²) in [4.78, 5) is 12.4. The third-order valence-electron chi connectivity index (χ3n) is 5.28. The van der Waals surface area contributed by atoms with Crippen LogP contribution >= 0.6 is 0 Å². The first-order valence-electron chi connectivity index (χ1n) is 8.75. The fraction of sp³-hybridized carbons (Fsp3) is 0.632. The monoisotopic (exact) mass is 317 g/mol. The molecule has 23 heavy (non-hydrogen) atoms. The summed E-state index contributed by atoms with van der Waals surface area (Å²) >= 11 is 0. The largest absolute Gasteiger partial charge is 0.497 e. The first-order valence-corrected chi connectivity index (χ1v) is 8.75. The average Bonchev–Trinajstić information content (AvgIpc) is 3.38. The zero-order valence-corrected chi connectivity index (χ0v) is 13.9.